The van der Waals surface area contributed by atoms with Crippen LogP contribution in [-0.2, 0) is 0 Å². The van der Waals surface area contributed by atoms with Crippen molar-refractivity contribution in [3.05, 3.63) is 54.4 Å². The highest BCUT2D eigenvalue weighted by Crippen LogP contribution is 2.09. The number of hydrogen-bond acceptors (Lipinski definition) is 3. The fraction of sp³-hybridized carbons (Fsp3) is 0.0769. The molecule has 16 heavy (non-hydrogen) atoms. The van der Waals surface area contributed by atoms with Crippen molar-refractivity contribution in [2.24, 2.45) is 4.99 Å². The van der Waals surface area contributed by atoms with Crippen molar-refractivity contribution in [2.45, 2.75) is 6.92 Å². The van der Waals surface area contributed by atoms with Crippen LogP contribution >= 0.6 is 0 Å². The molecule has 0 unspecified atom stereocenters. The third-order valence-electron chi connectivity index (χ3n) is 1.81. The van der Waals surface area contributed by atoms with Gasteiger partial charge in [0.05, 0.1) is 0 Å². The Morgan fingerprint density at radius 2 is 2.06 bits per heavy atom. The van der Waals surface area contributed by atoms with Crippen LogP contribution in [0.25, 0.3) is 0 Å². The molecule has 82 valence electrons. The van der Waals surface area contributed by atoms with Gasteiger partial charge in [0.25, 0.3) is 0 Å². The molecule has 0 spiro atoms. The second-order valence-corrected chi connectivity index (χ2v) is 3.25. The van der Waals surface area contributed by atoms with Crippen LogP contribution in [0.3, 0.4) is 0 Å². The summed E-state index contributed by atoms with van der Waals surface area (Å²) in [4.78, 5) is 4.02. The lowest BCUT2D eigenvalue weighted by atomic mass is 10.3. The summed E-state index contributed by atoms with van der Waals surface area (Å²) >= 11 is 0. The van der Waals surface area contributed by atoms with Crippen LogP contribution in [0.4, 0.5) is 5.69 Å². The largest absolute Gasteiger partial charge is 0.356 e. The molecule has 0 heterocycles. The molecule has 3 heteroatoms. The number of benzene rings is 1. The summed E-state index contributed by atoms with van der Waals surface area (Å²) in [5, 5.41) is 9.97. The SMILES string of the molecule is C=C(/C=C(\C)N=CC=N)Nc1ccccc1. The summed E-state index contributed by atoms with van der Waals surface area (Å²) in [5.74, 6) is 0. The van der Waals surface area contributed by atoms with E-state index < -0.39 is 0 Å². The lowest BCUT2D eigenvalue weighted by Gasteiger charge is -2.05. The molecule has 3 nitrogen and oxygen atoms in total. The van der Waals surface area contributed by atoms with Gasteiger partial charge in [-0.15, -0.1) is 0 Å². The Kier molecular flexibility index (Phi) is 4.73. The van der Waals surface area contributed by atoms with Crippen molar-refractivity contribution in [3.8, 4) is 0 Å². The van der Waals surface area contributed by atoms with Crippen LogP contribution in [0.5, 0.6) is 0 Å². The number of nitrogens with one attached hydrogen (secondary N) is 2. The topological polar surface area (TPSA) is 48.2 Å². The lowest BCUT2D eigenvalue weighted by Crippen LogP contribution is -1.95. The van der Waals surface area contributed by atoms with E-state index in [0.29, 0.717) is 0 Å². The van der Waals surface area contributed by atoms with Crippen LogP contribution in [0.2, 0.25) is 0 Å². The minimum atomic E-state index is 0.769. The summed E-state index contributed by atoms with van der Waals surface area (Å²) in [6.45, 7) is 5.74. The molecule has 2 N–H and O–H groups in total. The Labute approximate surface area is 95.7 Å². The molecule has 0 radical (unpaired) electrons. The molecule has 0 atom stereocenters. The number of nitrogens with zero attached hydrogens (tertiary/aromatic N) is 1. The van der Waals surface area contributed by atoms with Gasteiger partial charge in [-0.1, -0.05) is 24.8 Å². The van der Waals surface area contributed by atoms with E-state index in [9.17, 15) is 0 Å². The summed E-state index contributed by atoms with van der Waals surface area (Å²) < 4.78 is 0. The van der Waals surface area contributed by atoms with E-state index in [4.69, 9.17) is 5.41 Å². The predicted octanol–water partition coefficient (Wildman–Crippen LogP) is 3.24. The van der Waals surface area contributed by atoms with Gasteiger partial charge in [-0.3, -0.25) is 4.99 Å². The third kappa shape index (κ3) is 4.37. The Bertz CT molecular complexity index is 416. The highest BCUT2D eigenvalue weighted by Gasteiger charge is 1.91. The standard InChI is InChI=1S/C13H15N3/c1-11(15-9-8-14)10-12(2)16-13-6-4-3-5-7-13/h3-10,14,16H,2H2,1H3/b11-10+,14-8?,15-9?. The first kappa shape index (κ1) is 11.9. The van der Waals surface area contributed by atoms with Gasteiger partial charge in [0.15, 0.2) is 0 Å². The number of allylic oxidation sites excluding steroid dienone is 2. The molecule has 0 saturated carbocycles. The van der Waals surface area contributed by atoms with Crippen molar-refractivity contribution in [2.75, 3.05) is 5.32 Å². The monoisotopic (exact) mass is 213 g/mol. The number of hydrogen-bond donors (Lipinski definition) is 2. The molecule has 0 aromatic heterocycles. The van der Waals surface area contributed by atoms with E-state index in [1.54, 1.807) is 0 Å². The normalized spacial score (nSPS) is 11.4. The van der Waals surface area contributed by atoms with Crippen LogP contribution < -0.4 is 5.32 Å². The van der Waals surface area contributed by atoms with Gasteiger partial charge < -0.3 is 10.7 Å². The van der Waals surface area contributed by atoms with E-state index in [1.807, 2.05) is 43.3 Å². The Morgan fingerprint density at radius 1 is 1.38 bits per heavy atom. The average molecular weight is 213 g/mol. The van der Waals surface area contributed by atoms with Gasteiger partial charge >= 0.3 is 0 Å². The van der Waals surface area contributed by atoms with Crippen molar-refractivity contribution in [1.29, 1.82) is 5.41 Å². The number of aliphatic imine (C=N–C) groups is 1. The van der Waals surface area contributed by atoms with Crippen LogP contribution in [-0.4, -0.2) is 12.4 Å². The summed E-state index contributed by atoms with van der Waals surface area (Å²) in [6, 6.07) is 9.81. The number of rotatable bonds is 5. The molecule has 1 rings (SSSR count). The van der Waals surface area contributed by atoms with Crippen LogP contribution in [0.1, 0.15) is 6.92 Å². The first-order chi connectivity index (χ1) is 7.72. The fourth-order valence-electron chi connectivity index (χ4n) is 1.19. The molecule has 0 bridgehead atoms. The quantitative estimate of drug-likeness (QED) is 0.572. The third-order valence-corrected chi connectivity index (χ3v) is 1.81. The molecule has 0 fully saturated rings. The first-order valence-corrected chi connectivity index (χ1v) is 4.95. The Morgan fingerprint density at radius 3 is 2.69 bits per heavy atom. The number of anilines is 1. The zero-order valence-electron chi connectivity index (χ0n) is 9.27. The van der Waals surface area contributed by atoms with Gasteiger partial charge in [-0.05, 0) is 25.1 Å². The minimum Gasteiger partial charge on any atom is -0.356 e. The second kappa shape index (κ2) is 6.35. The molecule has 1 aromatic carbocycles. The molecule has 1 aromatic rings. The van der Waals surface area contributed by atoms with Crippen LogP contribution in [0, 0.1) is 5.41 Å². The number of para-hydroxylation sites is 1. The van der Waals surface area contributed by atoms with Gasteiger partial charge in [0.2, 0.25) is 0 Å². The highest BCUT2D eigenvalue weighted by molar-refractivity contribution is 6.14. The Balaban J connectivity index is 2.60. The lowest BCUT2D eigenvalue weighted by molar-refractivity contribution is 1.30. The van der Waals surface area contributed by atoms with Gasteiger partial charge in [0.1, 0.15) is 0 Å². The summed E-state index contributed by atoms with van der Waals surface area (Å²) in [6.07, 6.45) is 4.40. The zero-order chi connectivity index (χ0) is 11.8. The van der Waals surface area contributed by atoms with E-state index in [0.717, 1.165) is 23.3 Å². The maximum absolute atomic E-state index is 6.82. The van der Waals surface area contributed by atoms with E-state index in [1.165, 1.54) is 6.21 Å². The van der Waals surface area contributed by atoms with E-state index >= 15 is 0 Å². The van der Waals surface area contributed by atoms with Crippen LogP contribution in [0.15, 0.2) is 59.4 Å². The maximum atomic E-state index is 6.82. The molecule has 0 amide bonds. The first-order valence-electron chi connectivity index (χ1n) is 4.95. The van der Waals surface area contributed by atoms with Gasteiger partial charge in [0, 0.05) is 29.5 Å². The van der Waals surface area contributed by atoms with E-state index in [-0.39, 0.29) is 0 Å². The minimum absolute atomic E-state index is 0.769. The van der Waals surface area contributed by atoms with E-state index in [2.05, 4.69) is 16.9 Å². The van der Waals surface area contributed by atoms with Gasteiger partial charge in [-0.25, -0.2) is 0 Å². The van der Waals surface area contributed by atoms with Crippen molar-refractivity contribution >= 4 is 18.1 Å². The molecule has 0 aliphatic carbocycles. The molecule has 0 saturated heterocycles. The predicted molar refractivity (Wildman–Crippen MR) is 70.2 cm³/mol. The second-order valence-electron chi connectivity index (χ2n) is 3.25. The summed E-state index contributed by atoms with van der Waals surface area (Å²) in [5.41, 5.74) is 2.57. The molecular weight excluding hydrogens is 198 g/mol. The smallest absolute Gasteiger partial charge is 0.0446 e. The Hall–Kier alpha value is -2.16. The van der Waals surface area contributed by atoms with Crippen molar-refractivity contribution in [1.82, 2.24) is 0 Å². The average Bonchev–Trinajstić information content (AvgIpc) is 2.27. The summed E-state index contributed by atoms with van der Waals surface area (Å²) in [7, 11) is 0. The van der Waals surface area contributed by atoms with Crippen molar-refractivity contribution in [3.63, 3.8) is 0 Å². The fourth-order valence-corrected chi connectivity index (χ4v) is 1.19. The molecule has 0 aliphatic rings. The maximum Gasteiger partial charge on any atom is 0.0446 e. The molecular formula is C13H15N3. The van der Waals surface area contributed by atoms with Crippen molar-refractivity contribution < 1.29 is 0 Å². The van der Waals surface area contributed by atoms with Gasteiger partial charge in [-0.2, -0.15) is 0 Å². The zero-order valence-corrected chi connectivity index (χ0v) is 9.27. The molecule has 0 aliphatic heterocycles. The highest BCUT2D eigenvalue weighted by atomic mass is 14.9.